The van der Waals surface area contributed by atoms with Gasteiger partial charge >= 0.3 is 5.97 Å². The molecular weight excluding hydrogens is 453 g/mol. The van der Waals surface area contributed by atoms with Gasteiger partial charge in [-0.15, -0.1) is 0 Å². The van der Waals surface area contributed by atoms with Gasteiger partial charge in [-0.25, -0.2) is 18.2 Å². The van der Waals surface area contributed by atoms with Crippen LogP contribution in [0.5, 0.6) is 17.2 Å². The number of ether oxygens (including phenoxy) is 4. The van der Waals surface area contributed by atoms with Gasteiger partial charge in [0.05, 0.1) is 32.5 Å². The maximum atomic E-state index is 13.7. The molecule has 1 amide bonds. The van der Waals surface area contributed by atoms with Crippen molar-refractivity contribution in [3.63, 3.8) is 0 Å². The zero-order valence-electron chi connectivity index (χ0n) is 17.1. The van der Waals surface area contributed by atoms with E-state index in [-0.39, 0.29) is 16.3 Å². The van der Waals surface area contributed by atoms with Crippen LogP contribution in [0.1, 0.15) is 5.56 Å². The number of fused-ring (bicyclic) bond motifs is 1. The second-order valence-electron chi connectivity index (χ2n) is 6.27. The molecule has 1 N–H and O–H groups in total. The van der Waals surface area contributed by atoms with Crippen molar-refractivity contribution >= 4 is 38.6 Å². The summed E-state index contributed by atoms with van der Waals surface area (Å²) >= 11 is 0.741. The predicted octanol–water partition coefficient (Wildman–Crippen LogP) is 3.46. The predicted molar refractivity (Wildman–Crippen MR) is 109 cm³/mol. The first-order valence-electron chi connectivity index (χ1n) is 8.95. The number of thiazole rings is 1. The van der Waals surface area contributed by atoms with Gasteiger partial charge < -0.3 is 18.9 Å². The third-order valence-electron chi connectivity index (χ3n) is 4.21. The molecule has 2 aromatic carbocycles. The molecule has 0 unspecified atom stereocenters. The molecule has 0 saturated heterocycles. The maximum Gasteiger partial charge on any atom is 0.310 e. The molecule has 0 aliphatic rings. The number of nitrogens with zero attached hydrogens (tertiary/aromatic N) is 1. The highest BCUT2D eigenvalue weighted by atomic mass is 32.1. The molecule has 3 aromatic rings. The van der Waals surface area contributed by atoms with Crippen molar-refractivity contribution < 1.29 is 41.7 Å². The Kier molecular flexibility index (Phi) is 7.03. The summed E-state index contributed by atoms with van der Waals surface area (Å²) in [5, 5.41) is 2.19. The molecule has 0 bridgehead atoms. The fourth-order valence-electron chi connectivity index (χ4n) is 2.78. The average Bonchev–Trinajstić information content (AvgIpc) is 3.17. The molecule has 0 saturated carbocycles. The van der Waals surface area contributed by atoms with E-state index in [1.807, 2.05) is 0 Å². The van der Waals surface area contributed by atoms with E-state index in [9.17, 15) is 22.8 Å². The summed E-state index contributed by atoms with van der Waals surface area (Å²) in [6.45, 7) is -0.648. The Balaban J connectivity index is 1.61. The Morgan fingerprint density at radius 1 is 1.00 bits per heavy atom. The number of methoxy groups -OCH3 is 3. The molecule has 3 rings (SSSR count). The monoisotopic (exact) mass is 470 g/mol. The van der Waals surface area contributed by atoms with Gasteiger partial charge in [-0.1, -0.05) is 11.3 Å². The molecule has 0 fully saturated rings. The Morgan fingerprint density at radius 3 is 2.25 bits per heavy atom. The molecule has 0 radical (unpaired) electrons. The van der Waals surface area contributed by atoms with Gasteiger partial charge in [-0.2, -0.15) is 0 Å². The van der Waals surface area contributed by atoms with E-state index in [4.69, 9.17) is 18.9 Å². The number of carbonyl (C=O) groups excluding carboxylic acids is 2. The molecular formula is C20H17F3N2O6S. The number of aromatic nitrogens is 1. The summed E-state index contributed by atoms with van der Waals surface area (Å²) in [6.07, 6.45) is -0.186. The highest BCUT2D eigenvalue weighted by Crippen LogP contribution is 2.38. The number of rotatable bonds is 8. The molecule has 0 aliphatic heterocycles. The molecule has 0 aliphatic carbocycles. The summed E-state index contributed by atoms with van der Waals surface area (Å²) in [4.78, 5) is 27.9. The number of anilines is 1. The highest BCUT2D eigenvalue weighted by Gasteiger charge is 2.19. The quantitative estimate of drug-likeness (QED) is 0.398. The summed E-state index contributed by atoms with van der Waals surface area (Å²) in [5.74, 6) is -4.88. The number of hydrogen-bond acceptors (Lipinski definition) is 8. The standard InChI is InChI=1S/C20H17F3N2O6S/c1-28-11-4-9(5-12(29-2)19(11)30-3)6-15(27)31-8-14(26)24-20-25-18-13(32-20)7-10(21)16(22)17(18)23/h4-5,7H,6,8H2,1-3H3,(H,24,25,26). The van der Waals surface area contributed by atoms with Gasteiger partial charge in [-0.05, 0) is 23.8 Å². The first-order chi connectivity index (χ1) is 15.3. The van der Waals surface area contributed by atoms with Crippen molar-refractivity contribution in [3.05, 3.63) is 41.2 Å². The van der Waals surface area contributed by atoms with Gasteiger partial charge in [0.1, 0.15) is 5.52 Å². The Bertz CT molecular complexity index is 1160. The van der Waals surface area contributed by atoms with Crippen molar-refractivity contribution in [1.29, 1.82) is 0 Å². The molecule has 32 heavy (non-hydrogen) atoms. The minimum absolute atomic E-state index is 0.0103. The second-order valence-corrected chi connectivity index (χ2v) is 7.30. The van der Waals surface area contributed by atoms with Gasteiger partial charge in [0, 0.05) is 0 Å². The largest absolute Gasteiger partial charge is 0.493 e. The Morgan fingerprint density at radius 2 is 1.66 bits per heavy atom. The maximum absolute atomic E-state index is 13.7. The Hall–Kier alpha value is -3.54. The number of amides is 1. The van der Waals surface area contributed by atoms with Crippen LogP contribution in [0.15, 0.2) is 18.2 Å². The van der Waals surface area contributed by atoms with Crippen LogP contribution in [-0.4, -0.2) is 44.8 Å². The molecule has 0 atom stereocenters. The average molecular weight is 470 g/mol. The summed E-state index contributed by atoms with van der Waals surface area (Å²) in [7, 11) is 4.31. The van der Waals surface area contributed by atoms with Crippen molar-refractivity contribution in [2.24, 2.45) is 0 Å². The van der Waals surface area contributed by atoms with Gasteiger partial charge in [0.15, 0.2) is 40.7 Å². The zero-order valence-corrected chi connectivity index (χ0v) is 17.9. The number of esters is 1. The van der Waals surface area contributed by atoms with E-state index >= 15 is 0 Å². The van der Waals surface area contributed by atoms with E-state index in [1.54, 1.807) is 12.1 Å². The van der Waals surface area contributed by atoms with E-state index in [0.717, 1.165) is 17.4 Å². The van der Waals surface area contributed by atoms with Gasteiger partial charge in [0.25, 0.3) is 5.91 Å². The molecule has 1 heterocycles. The van der Waals surface area contributed by atoms with Crippen LogP contribution < -0.4 is 19.5 Å². The van der Waals surface area contributed by atoms with Crippen LogP contribution in [0, 0.1) is 17.5 Å². The zero-order chi connectivity index (χ0) is 23.4. The fraction of sp³-hybridized carbons (Fsp3) is 0.250. The van der Waals surface area contributed by atoms with E-state index in [2.05, 4.69) is 10.3 Å². The third kappa shape index (κ3) is 4.85. The topological polar surface area (TPSA) is 96.0 Å². The number of carbonyl (C=O) groups is 2. The summed E-state index contributed by atoms with van der Waals surface area (Å²) in [5.41, 5.74) is 0.0826. The van der Waals surface area contributed by atoms with E-state index < -0.39 is 41.5 Å². The summed E-state index contributed by atoms with van der Waals surface area (Å²) < 4.78 is 60.9. The van der Waals surface area contributed by atoms with Crippen molar-refractivity contribution in [2.45, 2.75) is 6.42 Å². The lowest BCUT2D eigenvalue weighted by atomic mass is 10.1. The lowest BCUT2D eigenvalue weighted by Crippen LogP contribution is -2.21. The van der Waals surface area contributed by atoms with Gasteiger partial charge in [-0.3, -0.25) is 14.9 Å². The van der Waals surface area contributed by atoms with Crippen molar-refractivity contribution in [3.8, 4) is 17.2 Å². The van der Waals surface area contributed by atoms with Crippen LogP contribution in [0.3, 0.4) is 0 Å². The first kappa shape index (κ1) is 23.1. The van der Waals surface area contributed by atoms with Crippen LogP contribution in [0.2, 0.25) is 0 Å². The van der Waals surface area contributed by atoms with Crippen LogP contribution in [-0.2, 0) is 20.7 Å². The molecule has 0 spiro atoms. The minimum Gasteiger partial charge on any atom is -0.493 e. The van der Waals surface area contributed by atoms with Crippen LogP contribution in [0.25, 0.3) is 10.2 Å². The minimum atomic E-state index is -1.65. The van der Waals surface area contributed by atoms with Crippen molar-refractivity contribution in [2.75, 3.05) is 33.3 Å². The lowest BCUT2D eigenvalue weighted by molar-refractivity contribution is -0.146. The SMILES string of the molecule is COc1cc(CC(=O)OCC(=O)Nc2nc3c(F)c(F)c(F)cc3s2)cc(OC)c1OC. The number of nitrogens with one attached hydrogen (secondary N) is 1. The fourth-order valence-corrected chi connectivity index (χ4v) is 3.69. The normalized spacial score (nSPS) is 10.7. The van der Waals surface area contributed by atoms with Crippen LogP contribution in [0.4, 0.5) is 18.3 Å². The van der Waals surface area contributed by atoms with Crippen molar-refractivity contribution in [1.82, 2.24) is 4.98 Å². The molecule has 12 heteroatoms. The van der Waals surface area contributed by atoms with E-state index in [1.165, 1.54) is 21.3 Å². The van der Waals surface area contributed by atoms with Gasteiger partial charge in [0.2, 0.25) is 5.75 Å². The second kappa shape index (κ2) is 9.73. The first-order valence-corrected chi connectivity index (χ1v) is 9.77. The van der Waals surface area contributed by atoms with E-state index in [0.29, 0.717) is 22.8 Å². The molecule has 1 aromatic heterocycles. The lowest BCUT2D eigenvalue weighted by Gasteiger charge is -2.14. The Labute approximate surface area is 183 Å². The molecule has 170 valence electrons. The smallest absolute Gasteiger partial charge is 0.310 e. The number of hydrogen-bond donors (Lipinski definition) is 1. The summed E-state index contributed by atoms with van der Waals surface area (Å²) in [6, 6.07) is 3.91. The third-order valence-corrected chi connectivity index (χ3v) is 5.12. The number of halogens is 3. The molecule has 8 nitrogen and oxygen atoms in total. The number of benzene rings is 2. The highest BCUT2D eigenvalue weighted by molar-refractivity contribution is 7.22. The van der Waals surface area contributed by atoms with Crippen LogP contribution >= 0.6 is 11.3 Å².